The Morgan fingerprint density at radius 2 is 2.08 bits per heavy atom. The van der Waals surface area contributed by atoms with Gasteiger partial charge in [0.2, 0.25) is 0 Å². The van der Waals surface area contributed by atoms with Crippen molar-refractivity contribution in [2.45, 2.75) is 32.9 Å². The quantitative estimate of drug-likeness (QED) is 0.727. The van der Waals surface area contributed by atoms with Gasteiger partial charge in [0.05, 0.1) is 11.9 Å². The summed E-state index contributed by atoms with van der Waals surface area (Å²) in [6, 6.07) is 7.20. The van der Waals surface area contributed by atoms with Crippen molar-refractivity contribution in [1.82, 2.24) is 19.2 Å². The molecule has 0 aliphatic carbocycles. The molecule has 0 fully saturated rings. The van der Waals surface area contributed by atoms with E-state index in [2.05, 4.69) is 39.9 Å². The van der Waals surface area contributed by atoms with E-state index in [1.54, 1.807) is 27.5 Å². The largest absolute Gasteiger partial charge is 0.326 e. The maximum Gasteiger partial charge on any atom is 0.251 e. The van der Waals surface area contributed by atoms with Crippen molar-refractivity contribution < 1.29 is 0 Å². The summed E-state index contributed by atoms with van der Waals surface area (Å²) >= 11 is 3.40. The minimum Gasteiger partial charge on any atom is -0.326 e. The van der Waals surface area contributed by atoms with Crippen LogP contribution in [0.2, 0.25) is 0 Å². The zero-order valence-corrected chi connectivity index (χ0v) is 15.3. The lowest BCUT2D eigenvalue weighted by Crippen LogP contribution is -2.32. The summed E-state index contributed by atoms with van der Waals surface area (Å²) in [5.41, 5.74) is 8.28. The summed E-state index contributed by atoms with van der Waals surface area (Å²) in [5.74, 6) is 0.513. The van der Waals surface area contributed by atoms with Crippen molar-refractivity contribution in [2.24, 2.45) is 11.7 Å². The van der Waals surface area contributed by atoms with Gasteiger partial charge in [0.15, 0.2) is 5.65 Å². The van der Waals surface area contributed by atoms with E-state index in [1.807, 2.05) is 18.2 Å². The third-order valence-electron chi connectivity index (χ3n) is 3.82. The molecule has 24 heavy (non-hydrogen) atoms. The fourth-order valence-corrected chi connectivity index (χ4v) is 3.11. The smallest absolute Gasteiger partial charge is 0.251 e. The van der Waals surface area contributed by atoms with E-state index in [4.69, 9.17) is 5.73 Å². The molecule has 0 aliphatic rings. The molecular formula is C17H20BrN5O. The summed E-state index contributed by atoms with van der Waals surface area (Å²) in [7, 11) is 0. The van der Waals surface area contributed by atoms with Gasteiger partial charge in [-0.2, -0.15) is 5.10 Å². The maximum absolute atomic E-state index is 12.4. The number of pyridine rings is 1. The van der Waals surface area contributed by atoms with Crippen molar-refractivity contribution in [2.75, 3.05) is 0 Å². The fraction of sp³-hybridized carbons (Fsp3) is 0.353. The Hall–Kier alpha value is -1.99. The average molecular weight is 390 g/mol. The topological polar surface area (TPSA) is 78.2 Å². The van der Waals surface area contributed by atoms with Crippen LogP contribution < -0.4 is 11.3 Å². The number of nitrogens with zero attached hydrogens (tertiary/aromatic N) is 4. The van der Waals surface area contributed by atoms with Crippen LogP contribution in [0.5, 0.6) is 0 Å². The molecule has 3 aromatic heterocycles. The standard InChI is InChI=1S/C17H20BrN5O/c1-11(2)7-13(19)10-22-6-5-12(8-17(22)24)14-3-4-16-20-9-15(18)23(16)21-14/h3-6,8-9,11,13H,7,10,19H2,1-2H3. The second kappa shape index (κ2) is 6.86. The van der Waals surface area contributed by atoms with Crippen LogP contribution in [-0.2, 0) is 6.54 Å². The number of rotatable bonds is 5. The Morgan fingerprint density at radius 1 is 1.29 bits per heavy atom. The van der Waals surface area contributed by atoms with Crippen molar-refractivity contribution in [3.8, 4) is 11.3 Å². The molecule has 2 N–H and O–H groups in total. The maximum atomic E-state index is 12.4. The lowest BCUT2D eigenvalue weighted by Gasteiger charge is -2.15. The Morgan fingerprint density at radius 3 is 2.79 bits per heavy atom. The number of fused-ring (bicyclic) bond motifs is 1. The monoisotopic (exact) mass is 389 g/mol. The van der Waals surface area contributed by atoms with Crippen LogP contribution >= 0.6 is 15.9 Å². The SMILES string of the molecule is CC(C)CC(N)Cn1ccc(-c2ccc3ncc(Br)n3n2)cc1=O. The second-order valence-electron chi connectivity index (χ2n) is 6.37. The van der Waals surface area contributed by atoms with Crippen LogP contribution in [0.15, 0.2) is 46.1 Å². The normalized spacial score (nSPS) is 12.9. The lowest BCUT2D eigenvalue weighted by atomic mass is 10.0. The van der Waals surface area contributed by atoms with Gasteiger partial charge in [-0.1, -0.05) is 13.8 Å². The highest BCUT2D eigenvalue weighted by atomic mass is 79.9. The molecule has 1 unspecified atom stereocenters. The molecule has 7 heteroatoms. The van der Waals surface area contributed by atoms with Crippen LogP contribution in [0.25, 0.3) is 16.9 Å². The first-order valence-corrected chi connectivity index (χ1v) is 8.70. The molecule has 126 valence electrons. The zero-order valence-electron chi connectivity index (χ0n) is 13.7. The Kier molecular flexibility index (Phi) is 4.82. The number of nitrogens with two attached hydrogens (primary N) is 1. The summed E-state index contributed by atoms with van der Waals surface area (Å²) in [6.07, 6.45) is 4.37. The van der Waals surface area contributed by atoms with E-state index in [1.165, 1.54) is 0 Å². The third-order valence-corrected chi connectivity index (χ3v) is 4.36. The van der Waals surface area contributed by atoms with Gasteiger partial charge in [0.25, 0.3) is 5.56 Å². The van der Waals surface area contributed by atoms with E-state index in [-0.39, 0.29) is 11.6 Å². The van der Waals surface area contributed by atoms with Gasteiger partial charge in [-0.05, 0) is 46.5 Å². The molecule has 0 spiro atoms. The van der Waals surface area contributed by atoms with Gasteiger partial charge in [-0.15, -0.1) is 0 Å². The molecule has 0 aromatic carbocycles. The average Bonchev–Trinajstić information content (AvgIpc) is 2.89. The van der Waals surface area contributed by atoms with Crippen LogP contribution in [0, 0.1) is 5.92 Å². The van der Waals surface area contributed by atoms with Crippen LogP contribution in [-0.4, -0.2) is 25.2 Å². The molecule has 3 rings (SSSR count). The summed E-state index contributed by atoms with van der Waals surface area (Å²) in [4.78, 5) is 16.6. The second-order valence-corrected chi connectivity index (χ2v) is 7.18. The van der Waals surface area contributed by atoms with Crippen molar-refractivity contribution in [3.63, 3.8) is 0 Å². The van der Waals surface area contributed by atoms with E-state index < -0.39 is 0 Å². The van der Waals surface area contributed by atoms with Gasteiger partial charge in [-0.25, -0.2) is 9.50 Å². The van der Waals surface area contributed by atoms with Crippen molar-refractivity contribution in [3.05, 3.63) is 51.6 Å². The molecule has 3 aromatic rings. The molecule has 0 radical (unpaired) electrons. The Balaban J connectivity index is 1.88. The summed E-state index contributed by atoms with van der Waals surface area (Å²) < 4.78 is 4.12. The minimum atomic E-state index is -0.0710. The first kappa shape index (κ1) is 16.9. The Bertz CT molecular complexity index is 915. The van der Waals surface area contributed by atoms with Gasteiger partial charge in [-0.3, -0.25) is 4.79 Å². The highest BCUT2D eigenvalue weighted by Crippen LogP contribution is 2.18. The van der Waals surface area contributed by atoms with Crippen molar-refractivity contribution in [1.29, 1.82) is 0 Å². The number of aromatic nitrogens is 4. The number of hydrogen-bond acceptors (Lipinski definition) is 4. The van der Waals surface area contributed by atoms with Crippen molar-refractivity contribution >= 4 is 21.6 Å². The van der Waals surface area contributed by atoms with E-state index in [0.29, 0.717) is 12.5 Å². The minimum absolute atomic E-state index is 0.0232. The number of hydrogen-bond donors (Lipinski definition) is 1. The molecule has 0 saturated carbocycles. The van der Waals surface area contributed by atoms with E-state index in [9.17, 15) is 4.79 Å². The molecule has 1 atom stereocenters. The van der Waals surface area contributed by atoms with E-state index >= 15 is 0 Å². The van der Waals surface area contributed by atoms with Crippen LogP contribution in [0.3, 0.4) is 0 Å². The highest BCUT2D eigenvalue weighted by molar-refractivity contribution is 9.10. The van der Waals surface area contributed by atoms with Crippen LogP contribution in [0.1, 0.15) is 20.3 Å². The van der Waals surface area contributed by atoms with E-state index in [0.717, 1.165) is 27.9 Å². The third kappa shape index (κ3) is 3.57. The summed E-state index contributed by atoms with van der Waals surface area (Å²) in [5, 5.41) is 4.51. The van der Waals surface area contributed by atoms with Crippen LogP contribution in [0.4, 0.5) is 0 Å². The fourth-order valence-electron chi connectivity index (χ4n) is 2.75. The zero-order chi connectivity index (χ0) is 17.3. The lowest BCUT2D eigenvalue weighted by molar-refractivity contribution is 0.442. The van der Waals surface area contributed by atoms with Gasteiger partial charge < -0.3 is 10.3 Å². The molecular weight excluding hydrogens is 370 g/mol. The van der Waals surface area contributed by atoms with Gasteiger partial charge in [0, 0.05) is 30.4 Å². The molecule has 6 nitrogen and oxygen atoms in total. The molecule has 3 heterocycles. The number of imidazole rings is 1. The molecule has 0 amide bonds. The van der Waals surface area contributed by atoms with Gasteiger partial charge >= 0.3 is 0 Å². The summed E-state index contributed by atoms with van der Waals surface area (Å²) in [6.45, 7) is 4.78. The highest BCUT2D eigenvalue weighted by Gasteiger charge is 2.10. The number of halogens is 1. The predicted octanol–water partition coefficient (Wildman–Crippen LogP) is 2.69. The Labute approximate surface area is 148 Å². The molecule has 0 saturated heterocycles. The molecule has 0 aliphatic heterocycles. The molecule has 0 bridgehead atoms. The first-order chi connectivity index (χ1) is 11.4. The van der Waals surface area contributed by atoms with Gasteiger partial charge in [0.1, 0.15) is 4.60 Å². The first-order valence-electron chi connectivity index (χ1n) is 7.91. The predicted molar refractivity (Wildman–Crippen MR) is 97.8 cm³/mol.